The van der Waals surface area contributed by atoms with Crippen LogP contribution in [0.3, 0.4) is 0 Å². The molecule has 2 rings (SSSR count). The lowest BCUT2D eigenvalue weighted by molar-refractivity contribution is 0.107. The highest BCUT2D eigenvalue weighted by Crippen LogP contribution is 2.22. The lowest BCUT2D eigenvalue weighted by atomic mass is 10.2. The van der Waals surface area contributed by atoms with Crippen LogP contribution in [0, 0.1) is 0 Å². The smallest absolute Gasteiger partial charge is 0.275 e. The molecule has 2 heterocycles. The molecule has 0 aliphatic heterocycles. The van der Waals surface area contributed by atoms with Gasteiger partial charge in [0.05, 0.1) is 4.88 Å². The van der Waals surface area contributed by atoms with Gasteiger partial charge in [-0.05, 0) is 36.0 Å². The number of rotatable bonds is 3. The first-order valence-corrected chi connectivity index (χ1v) is 6.25. The van der Waals surface area contributed by atoms with Crippen molar-refractivity contribution in [2.75, 3.05) is 0 Å². The van der Waals surface area contributed by atoms with Crippen LogP contribution in [0.1, 0.15) is 17.3 Å². The van der Waals surface area contributed by atoms with Crippen molar-refractivity contribution in [3.8, 4) is 10.6 Å². The normalized spacial score (nSPS) is 10.5. The van der Waals surface area contributed by atoms with E-state index >= 15 is 0 Å². The highest BCUT2D eigenvalue weighted by atomic mass is 35.5. The number of thiophene rings is 1. The predicted octanol–water partition coefficient (Wildman–Crippen LogP) is 2.37. The second kappa shape index (κ2) is 4.81. The Balaban J connectivity index is 2.67. The van der Waals surface area contributed by atoms with Gasteiger partial charge in [-0.15, -0.1) is 11.3 Å². The van der Waals surface area contributed by atoms with Gasteiger partial charge in [0.1, 0.15) is 11.3 Å². The maximum Gasteiger partial charge on any atom is 0.278 e. The van der Waals surface area contributed by atoms with Gasteiger partial charge in [-0.1, -0.05) is 6.07 Å². The molecule has 88 valence electrons. The van der Waals surface area contributed by atoms with E-state index in [1.54, 1.807) is 6.92 Å². The molecular formula is C11H9ClN2O2S. The van der Waals surface area contributed by atoms with Crippen LogP contribution in [0.25, 0.3) is 10.6 Å². The van der Waals surface area contributed by atoms with Gasteiger partial charge in [-0.3, -0.25) is 9.59 Å². The summed E-state index contributed by atoms with van der Waals surface area (Å²) < 4.78 is 1.24. The topological polar surface area (TPSA) is 52.0 Å². The molecule has 0 unspecified atom stereocenters. The van der Waals surface area contributed by atoms with Crippen LogP contribution in [-0.4, -0.2) is 15.0 Å². The molecular weight excluding hydrogens is 260 g/mol. The third-order valence-corrected chi connectivity index (χ3v) is 3.36. The summed E-state index contributed by atoms with van der Waals surface area (Å²) in [4.78, 5) is 23.8. The van der Waals surface area contributed by atoms with E-state index in [0.717, 1.165) is 4.88 Å². The van der Waals surface area contributed by atoms with E-state index < -0.39 is 10.8 Å². The van der Waals surface area contributed by atoms with Gasteiger partial charge in [-0.2, -0.15) is 5.10 Å². The van der Waals surface area contributed by atoms with Gasteiger partial charge < -0.3 is 0 Å². The summed E-state index contributed by atoms with van der Waals surface area (Å²) in [5.74, 6) is 0. The fourth-order valence-electron chi connectivity index (χ4n) is 1.44. The number of halogens is 1. The summed E-state index contributed by atoms with van der Waals surface area (Å²) in [6.07, 6.45) is 0. The number of hydrogen-bond acceptors (Lipinski definition) is 4. The largest absolute Gasteiger partial charge is 0.278 e. The summed E-state index contributed by atoms with van der Waals surface area (Å²) in [5, 5.41) is 5.33. The summed E-state index contributed by atoms with van der Waals surface area (Å²) in [7, 11) is 0. The monoisotopic (exact) mass is 268 g/mol. The van der Waals surface area contributed by atoms with Crippen molar-refractivity contribution in [1.29, 1.82) is 0 Å². The molecule has 0 aliphatic rings. The molecule has 0 aliphatic carbocycles. The Morgan fingerprint density at radius 2 is 2.35 bits per heavy atom. The lowest BCUT2D eigenvalue weighted by Gasteiger charge is -2.05. The highest BCUT2D eigenvalue weighted by Gasteiger charge is 2.14. The Bertz CT molecular complexity index is 604. The summed E-state index contributed by atoms with van der Waals surface area (Å²) in [6.45, 7) is 2.18. The van der Waals surface area contributed by atoms with Gasteiger partial charge in [0.2, 0.25) is 0 Å². The number of hydrogen-bond donors (Lipinski definition) is 0. The SMILES string of the molecule is CCn1nc(-c2cccs2)cc(C(=O)Cl)c1=O. The second-order valence-electron chi connectivity index (χ2n) is 3.32. The van der Waals surface area contributed by atoms with Crippen LogP contribution in [0.5, 0.6) is 0 Å². The van der Waals surface area contributed by atoms with Gasteiger partial charge >= 0.3 is 0 Å². The van der Waals surface area contributed by atoms with Crippen LogP contribution >= 0.6 is 22.9 Å². The van der Waals surface area contributed by atoms with E-state index in [2.05, 4.69) is 5.10 Å². The number of aryl methyl sites for hydroxylation is 1. The minimum atomic E-state index is -0.752. The van der Waals surface area contributed by atoms with E-state index in [1.807, 2.05) is 17.5 Å². The minimum Gasteiger partial charge on any atom is -0.275 e. The fraction of sp³-hybridized carbons (Fsp3) is 0.182. The Labute approximate surface area is 106 Å². The zero-order valence-corrected chi connectivity index (χ0v) is 10.6. The zero-order valence-electron chi connectivity index (χ0n) is 9.01. The molecule has 4 nitrogen and oxygen atoms in total. The molecule has 2 aromatic heterocycles. The van der Waals surface area contributed by atoms with Gasteiger partial charge in [-0.25, -0.2) is 4.68 Å². The van der Waals surface area contributed by atoms with Crippen molar-refractivity contribution in [3.63, 3.8) is 0 Å². The van der Waals surface area contributed by atoms with Crippen LogP contribution in [0.4, 0.5) is 0 Å². The van der Waals surface area contributed by atoms with Crippen molar-refractivity contribution < 1.29 is 4.79 Å². The van der Waals surface area contributed by atoms with Gasteiger partial charge in [0.25, 0.3) is 10.8 Å². The van der Waals surface area contributed by atoms with Gasteiger partial charge in [0.15, 0.2) is 0 Å². The maximum absolute atomic E-state index is 11.8. The second-order valence-corrected chi connectivity index (χ2v) is 4.61. The molecule has 2 aromatic rings. The standard InChI is InChI=1S/C11H9ClN2O2S/c1-2-14-11(16)7(10(12)15)6-8(13-14)9-4-3-5-17-9/h3-6H,2H2,1H3. The third kappa shape index (κ3) is 2.30. The quantitative estimate of drug-likeness (QED) is 0.803. The van der Waals surface area contributed by atoms with E-state index in [9.17, 15) is 9.59 Å². The molecule has 0 amide bonds. The van der Waals surface area contributed by atoms with Crippen LogP contribution in [-0.2, 0) is 6.54 Å². The Morgan fingerprint density at radius 3 is 2.88 bits per heavy atom. The van der Waals surface area contributed by atoms with Crippen molar-refractivity contribution in [3.05, 3.63) is 39.5 Å². The van der Waals surface area contributed by atoms with Crippen molar-refractivity contribution in [2.45, 2.75) is 13.5 Å². The molecule has 0 fully saturated rings. The predicted molar refractivity (Wildman–Crippen MR) is 67.7 cm³/mol. The first kappa shape index (κ1) is 12.0. The van der Waals surface area contributed by atoms with Crippen LogP contribution in [0.2, 0.25) is 0 Å². The van der Waals surface area contributed by atoms with E-state index in [0.29, 0.717) is 12.2 Å². The van der Waals surface area contributed by atoms with Gasteiger partial charge in [0, 0.05) is 6.54 Å². The van der Waals surface area contributed by atoms with E-state index in [4.69, 9.17) is 11.6 Å². The van der Waals surface area contributed by atoms with E-state index in [1.165, 1.54) is 22.1 Å². The summed E-state index contributed by atoms with van der Waals surface area (Å²) >= 11 is 6.88. The zero-order chi connectivity index (χ0) is 12.4. The van der Waals surface area contributed by atoms with Crippen molar-refractivity contribution in [2.24, 2.45) is 0 Å². The Morgan fingerprint density at radius 1 is 1.59 bits per heavy atom. The van der Waals surface area contributed by atoms with E-state index in [-0.39, 0.29) is 5.56 Å². The maximum atomic E-state index is 11.8. The summed E-state index contributed by atoms with van der Waals surface area (Å²) in [5.41, 5.74) is 0.102. The average molecular weight is 269 g/mol. The third-order valence-electron chi connectivity index (χ3n) is 2.26. The first-order chi connectivity index (χ1) is 8.13. The van der Waals surface area contributed by atoms with Crippen LogP contribution in [0.15, 0.2) is 28.4 Å². The molecule has 0 aromatic carbocycles. The Hall–Kier alpha value is -1.46. The molecule has 0 N–H and O–H groups in total. The average Bonchev–Trinajstić information content (AvgIpc) is 2.82. The minimum absolute atomic E-state index is 0.0353. The number of carbonyl (C=O) groups is 1. The molecule has 0 spiro atoms. The Kier molecular flexibility index (Phi) is 3.40. The molecule has 0 radical (unpaired) electrons. The van der Waals surface area contributed by atoms with Crippen molar-refractivity contribution >= 4 is 28.2 Å². The first-order valence-electron chi connectivity index (χ1n) is 4.99. The lowest BCUT2D eigenvalue weighted by Crippen LogP contribution is -2.27. The van der Waals surface area contributed by atoms with Crippen molar-refractivity contribution in [1.82, 2.24) is 9.78 Å². The number of nitrogens with zero attached hydrogens (tertiary/aromatic N) is 2. The van der Waals surface area contributed by atoms with Crippen LogP contribution < -0.4 is 5.56 Å². The number of carbonyl (C=O) groups excluding carboxylic acids is 1. The molecule has 6 heteroatoms. The molecule has 17 heavy (non-hydrogen) atoms. The molecule has 0 saturated carbocycles. The molecule has 0 saturated heterocycles. The molecule has 0 bridgehead atoms. The molecule has 0 atom stereocenters. The summed E-state index contributed by atoms with van der Waals surface area (Å²) in [6, 6.07) is 5.20. The number of aromatic nitrogens is 2. The highest BCUT2D eigenvalue weighted by molar-refractivity contribution is 7.13. The fourth-order valence-corrected chi connectivity index (χ4v) is 2.26.